The number of aromatic nitrogens is 5. The van der Waals surface area contributed by atoms with Crippen LogP contribution in [0.1, 0.15) is 28.7 Å². The topological polar surface area (TPSA) is 97.9 Å². The number of hydrogen-bond donors (Lipinski definition) is 0. The highest BCUT2D eigenvalue weighted by Crippen LogP contribution is 2.19. The minimum atomic E-state index is -0.355. The van der Waals surface area contributed by atoms with Gasteiger partial charge in [0.15, 0.2) is 5.82 Å². The molecule has 1 aliphatic rings. The van der Waals surface area contributed by atoms with Gasteiger partial charge in [0.25, 0.3) is 5.56 Å². The van der Waals surface area contributed by atoms with Crippen LogP contribution in [0.4, 0.5) is 5.82 Å². The van der Waals surface area contributed by atoms with E-state index >= 15 is 0 Å². The molecule has 0 spiro atoms. The standard InChI is InChI=1S/C24H27N7O3/c1-4-34-23(33)17-6-8-20(25-14-17)30-11-9-29(10-12-30)15-21-26-27-24-28(3)22(32)18-13-16(2)5-7-19(18)31(21)24/h5-8,13-14H,4,9-12,15H2,1-3H3. The van der Waals surface area contributed by atoms with Crippen LogP contribution in [-0.2, 0) is 18.3 Å². The van der Waals surface area contributed by atoms with Gasteiger partial charge < -0.3 is 9.64 Å². The highest BCUT2D eigenvalue weighted by Gasteiger charge is 2.22. The van der Waals surface area contributed by atoms with Crippen molar-refractivity contribution < 1.29 is 9.53 Å². The molecule has 0 saturated carbocycles. The molecule has 1 fully saturated rings. The van der Waals surface area contributed by atoms with E-state index in [1.54, 1.807) is 30.8 Å². The maximum Gasteiger partial charge on any atom is 0.339 e. The highest BCUT2D eigenvalue weighted by molar-refractivity contribution is 5.89. The Balaban J connectivity index is 1.32. The lowest BCUT2D eigenvalue weighted by Gasteiger charge is -2.35. The molecule has 1 aliphatic heterocycles. The van der Waals surface area contributed by atoms with Crippen LogP contribution < -0.4 is 10.5 Å². The van der Waals surface area contributed by atoms with Crippen LogP contribution in [0, 0.1) is 6.92 Å². The number of ether oxygens (including phenoxy) is 1. The number of carbonyl (C=O) groups excluding carboxylic acids is 1. The summed E-state index contributed by atoms with van der Waals surface area (Å²) in [4.78, 5) is 33.6. The van der Waals surface area contributed by atoms with E-state index < -0.39 is 0 Å². The second-order valence-corrected chi connectivity index (χ2v) is 8.53. The predicted molar refractivity (Wildman–Crippen MR) is 128 cm³/mol. The first-order valence-corrected chi connectivity index (χ1v) is 11.4. The average Bonchev–Trinajstić information content (AvgIpc) is 3.27. The maximum atomic E-state index is 12.8. The molecule has 10 nitrogen and oxygen atoms in total. The van der Waals surface area contributed by atoms with Crippen molar-refractivity contribution in [2.45, 2.75) is 20.4 Å². The Kier molecular flexibility index (Phi) is 5.74. The molecule has 0 aliphatic carbocycles. The molecule has 0 amide bonds. The third-order valence-electron chi connectivity index (χ3n) is 6.26. The fourth-order valence-corrected chi connectivity index (χ4v) is 4.40. The van der Waals surface area contributed by atoms with Gasteiger partial charge in [-0.3, -0.25) is 18.7 Å². The molecule has 4 aromatic rings. The molecule has 0 unspecified atom stereocenters. The first kappa shape index (κ1) is 22.0. The summed E-state index contributed by atoms with van der Waals surface area (Å²) < 4.78 is 8.56. The quantitative estimate of drug-likeness (QED) is 0.415. The zero-order chi connectivity index (χ0) is 23.8. The normalized spacial score (nSPS) is 14.7. The van der Waals surface area contributed by atoms with E-state index in [0.29, 0.717) is 29.9 Å². The van der Waals surface area contributed by atoms with Crippen LogP contribution in [-0.4, -0.2) is 67.8 Å². The van der Waals surface area contributed by atoms with E-state index in [4.69, 9.17) is 4.74 Å². The molecule has 0 atom stereocenters. The Morgan fingerprint density at radius 2 is 1.88 bits per heavy atom. The Labute approximate surface area is 196 Å². The summed E-state index contributed by atoms with van der Waals surface area (Å²) in [6.07, 6.45) is 1.57. The number of aryl methyl sites for hydroxylation is 2. The van der Waals surface area contributed by atoms with Crippen LogP contribution in [0.15, 0.2) is 41.3 Å². The van der Waals surface area contributed by atoms with Gasteiger partial charge in [0.1, 0.15) is 5.82 Å². The lowest BCUT2D eigenvalue weighted by molar-refractivity contribution is 0.0526. The molecule has 0 bridgehead atoms. The predicted octanol–water partition coefficient (Wildman–Crippen LogP) is 1.78. The fraction of sp³-hybridized carbons (Fsp3) is 0.375. The van der Waals surface area contributed by atoms with Crippen LogP contribution in [0.25, 0.3) is 16.7 Å². The van der Waals surface area contributed by atoms with Crippen molar-refractivity contribution in [3.05, 3.63) is 63.8 Å². The summed E-state index contributed by atoms with van der Waals surface area (Å²) in [7, 11) is 1.73. The minimum absolute atomic E-state index is 0.0692. The molecule has 10 heteroatoms. The zero-order valence-electron chi connectivity index (χ0n) is 19.6. The summed E-state index contributed by atoms with van der Waals surface area (Å²) in [5, 5.41) is 9.40. The molecule has 0 N–H and O–H groups in total. The van der Waals surface area contributed by atoms with Gasteiger partial charge in [0, 0.05) is 39.4 Å². The smallest absolute Gasteiger partial charge is 0.339 e. The van der Waals surface area contributed by atoms with Crippen molar-refractivity contribution in [1.82, 2.24) is 29.0 Å². The van der Waals surface area contributed by atoms with E-state index in [9.17, 15) is 9.59 Å². The lowest BCUT2D eigenvalue weighted by Crippen LogP contribution is -2.46. The number of rotatable bonds is 5. The van der Waals surface area contributed by atoms with Crippen molar-refractivity contribution in [1.29, 1.82) is 0 Å². The lowest BCUT2D eigenvalue weighted by atomic mass is 10.1. The molecule has 0 radical (unpaired) electrons. The Morgan fingerprint density at radius 3 is 2.59 bits per heavy atom. The number of benzene rings is 1. The van der Waals surface area contributed by atoms with Crippen LogP contribution in [0.5, 0.6) is 0 Å². The maximum absolute atomic E-state index is 12.8. The summed E-state index contributed by atoms with van der Waals surface area (Å²) >= 11 is 0. The van der Waals surface area contributed by atoms with E-state index in [1.165, 1.54) is 0 Å². The number of nitrogens with zero attached hydrogens (tertiary/aromatic N) is 7. The third-order valence-corrected chi connectivity index (χ3v) is 6.26. The van der Waals surface area contributed by atoms with E-state index in [1.807, 2.05) is 35.6 Å². The van der Waals surface area contributed by atoms with Crippen molar-refractivity contribution >= 4 is 28.5 Å². The number of esters is 1. The number of carbonyl (C=O) groups is 1. The van der Waals surface area contributed by atoms with Gasteiger partial charge in [0.2, 0.25) is 5.78 Å². The zero-order valence-corrected chi connectivity index (χ0v) is 19.6. The van der Waals surface area contributed by atoms with E-state index in [0.717, 1.165) is 48.9 Å². The molecule has 1 saturated heterocycles. The van der Waals surface area contributed by atoms with Crippen LogP contribution in [0.3, 0.4) is 0 Å². The van der Waals surface area contributed by atoms with Gasteiger partial charge in [0.05, 0.1) is 29.6 Å². The monoisotopic (exact) mass is 461 g/mol. The van der Waals surface area contributed by atoms with E-state index in [-0.39, 0.29) is 11.5 Å². The van der Waals surface area contributed by atoms with Crippen molar-refractivity contribution in [2.24, 2.45) is 7.05 Å². The summed E-state index contributed by atoms with van der Waals surface area (Å²) in [5.41, 5.74) is 2.26. The number of hydrogen-bond acceptors (Lipinski definition) is 8. The van der Waals surface area contributed by atoms with Crippen molar-refractivity contribution in [3.63, 3.8) is 0 Å². The van der Waals surface area contributed by atoms with Gasteiger partial charge in [-0.1, -0.05) is 11.6 Å². The Hall–Kier alpha value is -3.79. The Morgan fingerprint density at radius 1 is 1.09 bits per heavy atom. The van der Waals surface area contributed by atoms with Gasteiger partial charge in [-0.2, -0.15) is 0 Å². The molecular formula is C24H27N7O3. The summed E-state index contributed by atoms with van der Waals surface area (Å²) in [5.74, 6) is 1.84. The number of pyridine rings is 1. The molecule has 34 heavy (non-hydrogen) atoms. The summed E-state index contributed by atoms with van der Waals surface area (Å²) in [6, 6.07) is 9.51. The van der Waals surface area contributed by atoms with Gasteiger partial charge in [-0.05, 0) is 38.1 Å². The van der Waals surface area contributed by atoms with Gasteiger partial charge in [-0.25, -0.2) is 9.78 Å². The first-order valence-electron chi connectivity index (χ1n) is 11.4. The molecule has 4 heterocycles. The second kappa shape index (κ2) is 8.86. The fourth-order valence-electron chi connectivity index (χ4n) is 4.40. The largest absolute Gasteiger partial charge is 0.462 e. The number of anilines is 1. The SMILES string of the molecule is CCOC(=O)c1ccc(N2CCN(Cc3nnc4n(C)c(=O)c5cc(C)ccc5n34)CC2)nc1. The molecular weight excluding hydrogens is 434 g/mol. The molecule has 5 rings (SSSR count). The Bertz CT molecular complexity index is 1420. The third kappa shape index (κ3) is 3.90. The highest BCUT2D eigenvalue weighted by atomic mass is 16.5. The number of fused-ring (bicyclic) bond motifs is 3. The molecule has 1 aromatic carbocycles. The van der Waals surface area contributed by atoms with Crippen LogP contribution >= 0.6 is 0 Å². The number of piperazine rings is 1. The van der Waals surface area contributed by atoms with Crippen molar-refractivity contribution in [3.8, 4) is 0 Å². The summed E-state index contributed by atoms with van der Waals surface area (Å²) in [6.45, 7) is 8.02. The second-order valence-electron chi connectivity index (χ2n) is 8.53. The van der Waals surface area contributed by atoms with Gasteiger partial charge in [-0.15, -0.1) is 10.2 Å². The first-order chi connectivity index (χ1) is 16.5. The molecule has 176 valence electrons. The van der Waals surface area contributed by atoms with Crippen molar-refractivity contribution in [2.75, 3.05) is 37.7 Å². The van der Waals surface area contributed by atoms with Crippen LogP contribution in [0.2, 0.25) is 0 Å². The molecule has 3 aromatic heterocycles. The van der Waals surface area contributed by atoms with Gasteiger partial charge >= 0.3 is 5.97 Å². The van der Waals surface area contributed by atoms with E-state index in [2.05, 4.69) is 25.0 Å². The minimum Gasteiger partial charge on any atom is -0.462 e. The average molecular weight is 462 g/mol.